The smallest absolute Gasteiger partial charge is 0.420 e. The number of hydrogen-bond donors (Lipinski definition) is 0. The number of likely N-dealkylation sites (tertiary alicyclic amines) is 1. The van der Waals surface area contributed by atoms with Crippen molar-refractivity contribution in [1.29, 1.82) is 0 Å². The highest BCUT2D eigenvalue weighted by atomic mass is 19.4. The standard InChI is InChI=1S/C26H34F3NO/c1-3-19-7-12-22(13-8-19)31-24-14-11-20-9-10-21(17-23(20)25(24)26(27,28)29)18(2)30-15-5-4-6-16-30/h9-11,14,17-19,22H,3-8,12-13,15-16H2,1-2H3. The van der Waals surface area contributed by atoms with Crippen LogP contribution in [0.4, 0.5) is 13.2 Å². The number of rotatable bonds is 5. The predicted molar refractivity (Wildman–Crippen MR) is 119 cm³/mol. The molecular formula is C26H34F3NO. The van der Waals surface area contributed by atoms with Gasteiger partial charge in [0.25, 0.3) is 0 Å². The van der Waals surface area contributed by atoms with Gasteiger partial charge in [0, 0.05) is 6.04 Å². The molecule has 1 unspecified atom stereocenters. The molecule has 4 rings (SSSR count). The Balaban J connectivity index is 1.66. The van der Waals surface area contributed by atoms with E-state index in [9.17, 15) is 13.2 Å². The van der Waals surface area contributed by atoms with Crippen molar-refractivity contribution >= 4 is 10.8 Å². The molecule has 0 bridgehead atoms. The molecule has 31 heavy (non-hydrogen) atoms. The highest BCUT2D eigenvalue weighted by Gasteiger charge is 2.37. The van der Waals surface area contributed by atoms with E-state index in [0.717, 1.165) is 63.6 Å². The second-order valence-corrected chi connectivity index (χ2v) is 9.36. The lowest BCUT2D eigenvalue weighted by Crippen LogP contribution is -2.32. The number of nitrogens with zero attached hydrogens (tertiary/aromatic N) is 1. The van der Waals surface area contributed by atoms with Gasteiger partial charge < -0.3 is 4.74 Å². The van der Waals surface area contributed by atoms with Gasteiger partial charge >= 0.3 is 6.18 Å². The number of halogens is 3. The van der Waals surface area contributed by atoms with Gasteiger partial charge in [-0.05, 0) is 92.9 Å². The molecule has 0 radical (unpaired) electrons. The van der Waals surface area contributed by atoms with Gasteiger partial charge in [-0.25, -0.2) is 0 Å². The summed E-state index contributed by atoms with van der Waals surface area (Å²) in [6.07, 6.45) is 3.84. The summed E-state index contributed by atoms with van der Waals surface area (Å²) >= 11 is 0. The van der Waals surface area contributed by atoms with E-state index in [0.29, 0.717) is 11.3 Å². The van der Waals surface area contributed by atoms with Crippen molar-refractivity contribution in [3.63, 3.8) is 0 Å². The Morgan fingerprint density at radius 3 is 2.32 bits per heavy atom. The Bertz CT molecular complexity index is 880. The first-order chi connectivity index (χ1) is 14.9. The molecule has 2 aliphatic rings. The third kappa shape index (κ3) is 5.02. The van der Waals surface area contributed by atoms with Gasteiger partial charge in [0.1, 0.15) is 11.3 Å². The number of fused-ring (bicyclic) bond motifs is 1. The molecule has 2 aromatic carbocycles. The monoisotopic (exact) mass is 433 g/mol. The van der Waals surface area contributed by atoms with Crippen LogP contribution in [0.3, 0.4) is 0 Å². The summed E-state index contributed by atoms with van der Waals surface area (Å²) in [4.78, 5) is 2.38. The van der Waals surface area contributed by atoms with Gasteiger partial charge in [0.15, 0.2) is 0 Å². The summed E-state index contributed by atoms with van der Waals surface area (Å²) in [5.74, 6) is 0.667. The Labute approximate surface area is 183 Å². The van der Waals surface area contributed by atoms with Gasteiger partial charge in [-0.1, -0.05) is 38.0 Å². The van der Waals surface area contributed by atoms with E-state index in [4.69, 9.17) is 4.74 Å². The van der Waals surface area contributed by atoms with Crippen LogP contribution < -0.4 is 4.74 Å². The van der Waals surface area contributed by atoms with Crippen LogP contribution in [0.15, 0.2) is 30.3 Å². The first-order valence-corrected chi connectivity index (χ1v) is 11.9. The molecule has 170 valence electrons. The molecule has 5 heteroatoms. The van der Waals surface area contributed by atoms with E-state index in [1.165, 1.54) is 12.5 Å². The molecule has 0 N–H and O–H groups in total. The third-order valence-corrected chi connectivity index (χ3v) is 7.38. The van der Waals surface area contributed by atoms with Crippen LogP contribution in [0, 0.1) is 5.92 Å². The summed E-state index contributed by atoms with van der Waals surface area (Å²) in [7, 11) is 0. The fraction of sp³-hybridized carbons (Fsp3) is 0.615. The molecule has 1 aliphatic heterocycles. The molecule has 1 atom stereocenters. The summed E-state index contributed by atoms with van der Waals surface area (Å²) in [6, 6.07) is 8.96. The maximum Gasteiger partial charge on any atom is 0.420 e. The number of alkyl halides is 3. The summed E-state index contributed by atoms with van der Waals surface area (Å²) < 4.78 is 48.7. The van der Waals surface area contributed by atoms with Crippen LogP contribution >= 0.6 is 0 Å². The first-order valence-electron chi connectivity index (χ1n) is 11.9. The lowest BCUT2D eigenvalue weighted by atomic mass is 9.86. The number of piperidine rings is 1. The fourth-order valence-electron chi connectivity index (χ4n) is 5.32. The molecular weight excluding hydrogens is 399 g/mol. The van der Waals surface area contributed by atoms with Crippen molar-refractivity contribution in [1.82, 2.24) is 4.90 Å². The van der Waals surface area contributed by atoms with Crippen molar-refractivity contribution in [2.75, 3.05) is 13.1 Å². The molecule has 0 aromatic heterocycles. The van der Waals surface area contributed by atoms with Gasteiger partial charge in [0.2, 0.25) is 0 Å². The van der Waals surface area contributed by atoms with E-state index in [1.807, 2.05) is 12.1 Å². The van der Waals surface area contributed by atoms with Crippen LogP contribution in [0.25, 0.3) is 10.8 Å². The Hall–Kier alpha value is -1.75. The molecule has 0 spiro atoms. The van der Waals surface area contributed by atoms with Crippen LogP contribution in [-0.4, -0.2) is 24.1 Å². The summed E-state index contributed by atoms with van der Waals surface area (Å²) in [5.41, 5.74) is 0.329. The predicted octanol–water partition coefficient (Wildman–Crippen LogP) is 7.75. The molecule has 1 aliphatic carbocycles. The molecule has 1 saturated heterocycles. The maximum atomic E-state index is 14.2. The second-order valence-electron chi connectivity index (χ2n) is 9.36. The van der Waals surface area contributed by atoms with Crippen LogP contribution in [0.1, 0.15) is 82.4 Å². The lowest BCUT2D eigenvalue weighted by Gasteiger charge is -2.33. The van der Waals surface area contributed by atoms with Crippen molar-refractivity contribution in [3.8, 4) is 5.75 Å². The van der Waals surface area contributed by atoms with E-state index < -0.39 is 11.7 Å². The third-order valence-electron chi connectivity index (χ3n) is 7.38. The quantitative estimate of drug-likeness (QED) is 0.478. The molecule has 2 fully saturated rings. The first kappa shape index (κ1) is 22.4. The zero-order chi connectivity index (χ0) is 22.0. The van der Waals surface area contributed by atoms with Crippen LogP contribution in [0.2, 0.25) is 0 Å². The van der Waals surface area contributed by atoms with E-state index in [-0.39, 0.29) is 23.3 Å². The zero-order valence-corrected chi connectivity index (χ0v) is 18.7. The second kappa shape index (κ2) is 9.40. The lowest BCUT2D eigenvalue weighted by molar-refractivity contribution is -0.138. The van der Waals surface area contributed by atoms with E-state index in [2.05, 4.69) is 18.7 Å². The van der Waals surface area contributed by atoms with Crippen molar-refractivity contribution in [3.05, 3.63) is 41.5 Å². The van der Waals surface area contributed by atoms with E-state index in [1.54, 1.807) is 12.1 Å². The Kier molecular flexibility index (Phi) is 6.80. The average Bonchev–Trinajstić information content (AvgIpc) is 2.78. The minimum Gasteiger partial charge on any atom is -0.490 e. The molecule has 2 aromatic rings. The van der Waals surface area contributed by atoms with E-state index >= 15 is 0 Å². The maximum absolute atomic E-state index is 14.2. The minimum absolute atomic E-state index is 0.0114. The average molecular weight is 434 g/mol. The summed E-state index contributed by atoms with van der Waals surface area (Å²) in [5, 5.41) is 0.873. The molecule has 0 amide bonds. The normalized spacial score (nSPS) is 24.3. The SMILES string of the molecule is CCC1CCC(Oc2ccc3ccc(C(C)N4CCCCC4)cc3c2C(F)(F)F)CC1. The Morgan fingerprint density at radius 1 is 1.00 bits per heavy atom. The highest BCUT2D eigenvalue weighted by Crippen LogP contribution is 2.43. The van der Waals surface area contributed by atoms with Gasteiger partial charge in [0.05, 0.1) is 6.10 Å². The van der Waals surface area contributed by atoms with Gasteiger partial charge in [-0.3, -0.25) is 4.90 Å². The number of benzene rings is 2. The van der Waals surface area contributed by atoms with Gasteiger partial charge in [-0.2, -0.15) is 13.2 Å². The Morgan fingerprint density at radius 2 is 1.68 bits per heavy atom. The topological polar surface area (TPSA) is 12.5 Å². The summed E-state index contributed by atoms with van der Waals surface area (Å²) in [6.45, 7) is 6.30. The van der Waals surface area contributed by atoms with Gasteiger partial charge in [-0.15, -0.1) is 0 Å². The zero-order valence-electron chi connectivity index (χ0n) is 18.7. The van der Waals surface area contributed by atoms with Crippen molar-refractivity contribution < 1.29 is 17.9 Å². The van der Waals surface area contributed by atoms with Crippen LogP contribution in [0.5, 0.6) is 5.75 Å². The number of ether oxygens (including phenoxy) is 1. The van der Waals surface area contributed by atoms with Crippen molar-refractivity contribution in [2.24, 2.45) is 5.92 Å². The fourth-order valence-corrected chi connectivity index (χ4v) is 5.32. The highest BCUT2D eigenvalue weighted by molar-refractivity contribution is 5.89. The van der Waals surface area contributed by atoms with Crippen molar-refractivity contribution in [2.45, 2.75) is 83.5 Å². The molecule has 1 saturated carbocycles. The minimum atomic E-state index is -4.46. The number of hydrogen-bond acceptors (Lipinski definition) is 2. The molecule has 1 heterocycles. The van der Waals surface area contributed by atoms with Crippen LogP contribution in [-0.2, 0) is 6.18 Å². The largest absolute Gasteiger partial charge is 0.490 e. The molecule has 2 nitrogen and oxygen atoms in total.